The molecule has 6 nitrogen and oxygen atoms in total. The van der Waals surface area contributed by atoms with Crippen LogP contribution in [-0.2, 0) is 25.7 Å². The summed E-state index contributed by atoms with van der Waals surface area (Å²) in [5, 5.41) is 0. The van der Waals surface area contributed by atoms with Crippen molar-refractivity contribution in [1.82, 2.24) is 0 Å². The van der Waals surface area contributed by atoms with Gasteiger partial charge in [0, 0.05) is 0 Å². The molecule has 4 aromatic carbocycles. The molecular weight excluding hydrogens is 480 g/mol. The van der Waals surface area contributed by atoms with E-state index in [4.69, 9.17) is 28.4 Å². The fourth-order valence-corrected chi connectivity index (χ4v) is 4.58. The average Bonchev–Trinajstić information content (AvgIpc) is 3.44. The molecule has 0 aliphatic carbocycles. The molecule has 0 atom stereocenters. The minimum atomic E-state index is 0.221. The van der Waals surface area contributed by atoms with Gasteiger partial charge in [-0.3, -0.25) is 0 Å². The standard InChI is InChI=1S/C32H32O6/c1-33-26-8-4-6-22(16-26)10-11-23-7-5-9-27(17-23)38-28-15-14-24(18-29(28)34-2)12-13-25-19-30(35-3)32-31(20-25)36-21-37-32/h4-9,14-20H,10-13,21H2,1-3H3. The van der Waals surface area contributed by atoms with E-state index in [0.717, 1.165) is 54.1 Å². The number of fused-ring (bicyclic) bond motifs is 1. The van der Waals surface area contributed by atoms with Gasteiger partial charge in [-0.1, -0.05) is 30.3 Å². The zero-order valence-electron chi connectivity index (χ0n) is 22.0. The molecule has 0 unspecified atom stereocenters. The molecule has 0 amide bonds. The molecule has 0 N–H and O–H groups in total. The number of hydrogen-bond acceptors (Lipinski definition) is 6. The zero-order valence-corrected chi connectivity index (χ0v) is 22.0. The van der Waals surface area contributed by atoms with Crippen LogP contribution < -0.4 is 28.4 Å². The molecule has 1 aliphatic heterocycles. The Morgan fingerprint density at radius 2 is 1.18 bits per heavy atom. The van der Waals surface area contributed by atoms with Gasteiger partial charge in [0.1, 0.15) is 11.5 Å². The highest BCUT2D eigenvalue weighted by molar-refractivity contribution is 5.55. The Labute approximate surface area is 223 Å². The Bertz CT molecular complexity index is 1400. The maximum Gasteiger partial charge on any atom is 0.231 e. The van der Waals surface area contributed by atoms with Crippen molar-refractivity contribution in [3.8, 4) is 40.2 Å². The minimum absolute atomic E-state index is 0.221. The van der Waals surface area contributed by atoms with Crippen molar-refractivity contribution in [3.05, 3.63) is 101 Å². The number of aryl methyl sites for hydroxylation is 4. The first-order valence-corrected chi connectivity index (χ1v) is 12.7. The Morgan fingerprint density at radius 3 is 1.89 bits per heavy atom. The van der Waals surface area contributed by atoms with E-state index in [-0.39, 0.29) is 6.79 Å². The second-order valence-corrected chi connectivity index (χ2v) is 9.12. The fraction of sp³-hybridized carbons (Fsp3) is 0.250. The van der Waals surface area contributed by atoms with E-state index in [1.807, 2.05) is 48.5 Å². The summed E-state index contributed by atoms with van der Waals surface area (Å²) in [7, 11) is 5.00. The first-order valence-electron chi connectivity index (χ1n) is 12.7. The van der Waals surface area contributed by atoms with Crippen molar-refractivity contribution in [2.45, 2.75) is 25.7 Å². The highest BCUT2D eigenvalue weighted by Crippen LogP contribution is 2.42. The van der Waals surface area contributed by atoms with Gasteiger partial charge in [-0.05, 0) is 96.5 Å². The lowest BCUT2D eigenvalue weighted by atomic mass is 10.0. The molecular formula is C32H32O6. The molecule has 0 bridgehead atoms. The van der Waals surface area contributed by atoms with E-state index in [2.05, 4.69) is 30.3 Å². The normalized spacial score (nSPS) is 11.8. The maximum absolute atomic E-state index is 6.24. The van der Waals surface area contributed by atoms with Gasteiger partial charge in [0.25, 0.3) is 0 Å². The summed E-state index contributed by atoms with van der Waals surface area (Å²) in [6.07, 6.45) is 3.49. The molecule has 4 aromatic rings. The van der Waals surface area contributed by atoms with E-state index < -0.39 is 0 Å². The summed E-state index contributed by atoms with van der Waals surface area (Å²) in [5.74, 6) is 5.15. The van der Waals surface area contributed by atoms with Gasteiger partial charge in [-0.2, -0.15) is 0 Å². The number of rotatable bonds is 11. The first-order chi connectivity index (χ1) is 18.6. The van der Waals surface area contributed by atoms with Crippen LogP contribution in [0.15, 0.2) is 78.9 Å². The fourth-order valence-electron chi connectivity index (χ4n) is 4.58. The van der Waals surface area contributed by atoms with Gasteiger partial charge < -0.3 is 28.4 Å². The van der Waals surface area contributed by atoms with E-state index in [1.54, 1.807) is 21.3 Å². The summed E-state index contributed by atoms with van der Waals surface area (Å²) >= 11 is 0. The third-order valence-electron chi connectivity index (χ3n) is 6.61. The van der Waals surface area contributed by atoms with Crippen molar-refractivity contribution >= 4 is 0 Å². The predicted octanol–water partition coefficient (Wildman–Crippen LogP) is 6.80. The SMILES string of the molecule is COc1cccc(CCc2cccc(Oc3ccc(CCc4cc(OC)c5c(c4)OCO5)cc3OC)c2)c1. The summed E-state index contributed by atoms with van der Waals surface area (Å²) in [4.78, 5) is 0. The van der Waals surface area contributed by atoms with Crippen LogP contribution in [-0.4, -0.2) is 28.1 Å². The quantitative estimate of drug-likeness (QED) is 0.220. The van der Waals surface area contributed by atoms with Crippen LogP contribution in [0, 0.1) is 0 Å². The molecule has 5 rings (SSSR count). The number of hydrogen-bond donors (Lipinski definition) is 0. The van der Waals surface area contributed by atoms with Crippen LogP contribution in [0.4, 0.5) is 0 Å². The first kappa shape index (κ1) is 25.3. The van der Waals surface area contributed by atoms with Crippen molar-refractivity contribution in [2.24, 2.45) is 0 Å². The highest BCUT2D eigenvalue weighted by Gasteiger charge is 2.20. The largest absolute Gasteiger partial charge is 0.497 e. The third-order valence-corrected chi connectivity index (χ3v) is 6.61. The molecule has 6 heteroatoms. The van der Waals surface area contributed by atoms with Gasteiger partial charge in [0.15, 0.2) is 23.0 Å². The molecule has 0 radical (unpaired) electrons. The van der Waals surface area contributed by atoms with Crippen molar-refractivity contribution < 1.29 is 28.4 Å². The van der Waals surface area contributed by atoms with E-state index in [0.29, 0.717) is 23.0 Å². The van der Waals surface area contributed by atoms with Crippen LogP contribution in [0.5, 0.6) is 40.2 Å². The van der Waals surface area contributed by atoms with E-state index in [9.17, 15) is 0 Å². The van der Waals surface area contributed by atoms with Crippen LogP contribution in [0.2, 0.25) is 0 Å². The Hall–Kier alpha value is -4.32. The summed E-state index contributed by atoms with van der Waals surface area (Å²) in [6, 6.07) is 26.5. The number of methoxy groups -OCH3 is 3. The lowest BCUT2D eigenvalue weighted by Gasteiger charge is -2.13. The van der Waals surface area contributed by atoms with Gasteiger partial charge in [-0.15, -0.1) is 0 Å². The van der Waals surface area contributed by atoms with Crippen molar-refractivity contribution in [2.75, 3.05) is 28.1 Å². The molecule has 1 aliphatic rings. The lowest BCUT2D eigenvalue weighted by molar-refractivity contribution is 0.171. The Morgan fingerprint density at radius 1 is 0.553 bits per heavy atom. The summed E-state index contributed by atoms with van der Waals surface area (Å²) in [6.45, 7) is 0.221. The Kier molecular flexibility index (Phi) is 7.88. The van der Waals surface area contributed by atoms with E-state index in [1.165, 1.54) is 11.1 Å². The molecule has 0 saturated carbocycles. The molecule has 0 spiro atoms. The van der Waals surface area contributed by atoms with Crippen LogP contribution in [0.1, 0.15) is 22.3 Å². The van der Waals surface area contributed by atoms with Gasteiger partial charge in [0.2, 0.25) is 12.5 Å². The maximum atomic E-state index is 6.24. The molecule has 38 heavy (non-hydrogen) atoms. The minimum Gasteiger partial charge on any atom is -0.497 e. The molecule has 1 heterocycles. The van der Waals surface area contributed by atoms with Crippen LogP contribution in [0.3, 0.4) is 0 Å². The monoisotopic (exact) mass is 512 g/mol. The highest BCUT2D eigenvalue weighted by atomic mass is 16.7. The smallest absolute Gasteiger partial charge is 0.231 e. The molecule has 0 aromatic heterocycles. The average molecular weight is 513 g/mol. The zero-order chi connectivity index (χ0) is 26.3. The number of ether oxygens (including phenoxy) is 6. The second kappa shape index (κ2) is 11.8. The third kappa shape index (κ3) is 5.97. The molecule has 196 valence electrons. The lowest BCUT2D eigenvalue weighted by Crippen LogP contribution is -1.97. The van der Waals surface area contributed by atoms with Crippen molar-refractivity contribution in [3.63, 3.8) is 0 Å². The number of benzene rings is 4. The van der Waals surface area contributed by atoms with Gasteiger partial charge >= 0.3 is 0 Å². The van der Waals surface area contributed by atoms with Gasteiger partial charge in [0.05, 0.1) is 21.3 Å². The van der Waals surface area contributed by atoms with Crippen LogP contribution >= 0.6 is 0 Å². The topological polar surface area (TPSA) is 55.4 Å². The Balaban J connectivity index is 1.23. The summed E-state index contributed by atoms with van der Waals surface area (Å²) < 4.78 is 33.8. The van der Waals surface area contributed by atoms with Gasteiger partial charge in [-0.25, -0.2) is 0 Å². The second-order valence-electron chi connectivity index (χ2n) is 9.12. The van der Waals surface area contributed by atoms with E-state index >= 15 is 0 Å². The predicted molar refractivity (Wildman–Crippen MR) is 146 cm³/mol. The molecule has 0 fully saturated rings. The molecule has 0 saturated heterocycles. The van der Waals surface area contributed by atoms with Crippen LogP contribution in [0.25, 0.3) is 0 Å². The summed E-state index contributed by atoms with van der Waals surface area (Å²) in [5.41, 5.74) is 4.72. The van der Waals surface area contributed by atoms with Crippen molar-refractivity contribution in [1.29, 1.82) is 0 Å².